The number of benzene rings is 4. The summed E-state index contributed by atoms with van der Waals surface area (Å²) in [6.45, 7) is 5.96. The zero-order valence-corrected chi connectivity index (χ0v) is 23.0. The third kappa shape index (κ3) is 5.18. The molecule has 2 heterocycles. The van der Waals surface area contributed by atoms with E-state index < -0.39 is 0 Å². The molecule has 1 aromatic heterocycles. The topological polar surface area (TPSA) is 38.3 Å². The quantitative estimate of drug-likeness (QED) is 0.137. The molecule has 1 aliphatic rings. The molecule has 0 N–H and O–H groups in total. The van der Waals surface area contributed by atoms with Crippen molar-refractivity contribution >= 4 is 49.6 Å². The van der Waals surface area contributed by atoms with Crippen LogP contribution >= 0.6 is 11.7 Å². The van der Waals surface area contributed by atoms with Gasteiger partial charge < -0.3 is 4.74 Å². The van der Waals surface area contributed by atoms with Crippen molar-refractivity contribution in [2.45, 2.75) is 45.4 Å². The van der Waals surface area contributed by atoms with Crippen LogP contribution in [0.25, 0.3) is 37.9 Å². The van der Waals surface area contributed by atoms with Gasteiger partial charge in [0, 0.05) is 19.6 Å². The number of nitrogens with zero attached hydrogens (tertiary/aromatic N) is 3. The summed E-state index contributed by atoms with van der Waals surface area (Å²) >= 11 is 1.26. The molecule has 0 amide bonds. The average molecular weight is 522 g/mol. The molecular formula is C33H35N3OS. The molecule has 0 bridgehead atoms. The first kappa shape index (κ1) is 25.0. The summed E-state index contributed by atoms with van der Waals surface area (Å²) in [5.74, 6) is 0.716. The maximum absolute atomic E-state index is 6.03. The zero-order valence-electron chi connectivity index (χ0n) is 22.2. The van der Waals surface area contributed by atoms with Crippen molar-refractivity contribution in [1.29, 1.82) is 0 Å². The lowest BCUT2D eigenvalue weighted by atomic mass is 9.94. The van der Waals surface area contributed by atoms with E-state index in [1.54, 1.807) is 0 Å². The summed E-state index contributed by atoms with van der Waals surface area (Å²) in [5, 5.41) is 8.00. The van der Waals surface area contributed by atoms with Gasteiger partial charge in [0.05, 0.1) is 18.3 Å². The van der Waals surface area contributed by atoms with Gasteiger partial charge in [0.15, 0.2) is 0 Å². The lowest BCUT2D eigenvalue weighted by Crippen LogP contribution is -2.31. The van der Waals surface area contributed by atoms with Crippen LogP contribution in [0.4, 0.5) is 0 Å². The Hall–Kier alpha value is -3.28. The Morgan fingerprint density at radius 2 is 1.63 bits per heavy atom. The summed E-state index contributed by atoms with van der Waals surface area (Å²) in [6, 6.07) is 24.6. The highest BCUT2D eigenvalue weighted by Crippen LogP contribution is 2.33. The van der Waals surface area contributed by atoms with E-state index in [-0.39, 0.29) is 0 Å². The molecule has 1 aliphatic heterocycles. The molecule has 4 aromatic carbocycles. The van der Waals surface area contributed by atoms with Crippen molar-refractivity contribution in [2.24, 2.45) is 0 Å². The summed E-state index contributed by atoms with van der Waals surface area (Å²) in [6.07, 6.45) is 9.17. The molecule has 6 rings (SSSR count). The predicted octanol–water partition coefficient (Wildman–Crippen LogP) is 8.29. The van der Waals surface area contributed by atoms with Gasteiger partial charge >= 0.3 is 0 Å². The number of unbranched alkanes of at least 4 members (excludes halogenated alkanes) is 3. The molecule has 0 atom stereocenters. The standard InChI is InChI=1S/C33H35N3OS/c1-2-3-4-7-22-37-33-32(34-38-35-33)26-12-9-20-36(23-26)21-19-25-11-8-14-29-28(25)17-18-30-27-13-6-5-10-24(27)15-16-31(29)30/h5-6,8,10-18H,2-4,7,9,19-23H2,1H3. The summed E-state index contributed by atoms with van der Waals surface area (Å²) in [7, 11) is 0. The van der Waals surface area contributed by atoms with E-state index in [9.17, 15) is 0 Å². The fourth-order valence-electron chi connectivity index (χ4n) is 5.76. The highest BCUT2D eigenvalue weighted by atomic mass is 32.1. The van der Waals surface area contributed by atoms with Gasteiger partial charge in [-0.1, -0.05) is 99.0 Å². The van der Waals surface area contributed by atoms with E-state index >= 15 is 0 Å². The molecule has 0 fully saturated rings. The molecule has 5 heteroatoms. The molecule has 0 aliphatic carbocycles. The zero-order chi connectivity index (χ0) is 25.7. The van der Waals surface area contributed by atoms with E-state index in [2.05, 4.69) is 93.4 Å². The van der Waals surface area contributed by atoms with Gasteiger partial charge in [-0.25, -0.2) is 0 Å². The smallest absolute Gasteiger partial charge is 0.253 e. The predicted molar refractivity (Wildman–Crippen MR) is 161 cm³/mol. The molecular weight excluding hydrogens is 486 g/mol. The van der Waals surface area contributed by atoms with Gasteiger partial charge in [-0.05, 0) is 62.7 Å². The number of ether oxygens (including phenoxy) is 1. The molecule has 4 nitrogen and oxygen atoms in total. The van der Waals surface area contributed by atoms with E-state index in [4.69, 9.17) is 4.74 Å². The second-order valence-electron chi connectivity index (χ2n) is 10.3. The monoisotopic (exact) mass is 521 g/mol. The molecule has 0 spiro atoms. The minimum absolute atomic E-state index is 0.716. The Balaban J connectivity index is 1.16. The van der Waals surface area contributed by atoms with Crippen LogP contribution in [-0.4, -0.2) is 39.9 Å². The first-order chi connectivity index (χ1) is 18.8. The maximum atomic E-state index is 6.03. The van der Waals surface area contributed by atoms with Crippen LogP contribution in [0.2, 0.25) is 0 Å². The highest BCUT2D eigenvalue weighted by molar-refractivity contribution is 6.99. The summed E-state index contributed by atoms with van der Waals surface area (Å²) in [4.78, 5) is 2.55. The van der Waals surface area contributed by atoms with Crippen LogP contribution in [0, 0.1) is 0 Å². The third-order valence-electron chi connectivity index (χ3n) is 7.80. The van der Waals surface area contributed by atoms with Gasteiger partial charge in [0.1, 0.15) is 5.69 Å². The minimum Gasteiger partial charge on any atom is -0.475 e. The van der Waals surface area contributed by atoms with Crippen LogP contribution < -0.4 is 4.74 Å². The number of aromatic nitrogens is 2. The summed E-state index contributed by atoms with van der Waals surface area (Å²) < 4.78 is 15.1. The van der Waals surface area contributed by atoms with Crippen molar-refractivity contribution in [1.82, 2.24) is 13.6 Å². The SMILES string of the molecule is CCCCCCOc1nsnc1C1=CCCN(CCc2cccc3c2ccc2c4ccccc4ccc32)C1. The Labute approximate surface area is 229 Å². The van der Waals surface area contributed by atoms with Crippen molar-refractivity contribution in [3.05, 3.63) is 84.1 Å². The van der Waals surface area contributed by atoms with Gasteiger partial charge in [-0.15, -0.1) is 4.37 Å². The minimum atomic E-state index is 0.716. The highest BCUT2D eigenvalue weighted by Gasteiger charge is 2.20. The lowest BCUT2D eigenvalue weighted by Gasteiger charge is -2.27. The van der Waals surface area contributed by atoms with Crippen molar-refractivity contribution in [2.75, 3.05) is 26.2 Å². The summed E-state index contributed by atoms with van der Waals surface area (Å²) in [5.41, 5.74) is 3.61. The average Bonchev–Trinajstić information content (AvgIpc) is 3.44. The number of rotatable bonds is 10. The molecule has 194 valence electrons. The van der Waals surface area contributed by atoms with Crippen LogP contribution in [0.15, 0.2) is 72.8 Å². The third-order valence-corrected chi connectivity index (χ3v) is 8.31. The fourth-order valence-corrected chi connectivity index (χ4v) is 6.29. The molecule has 38 heavy (non-hydrogen) atoms. The van der Waals surface area contributed by atoms with Crippen molar-refractivity contribution in [3.63, 3.8) is 0 Å². The number of hydrogen-bond acceptors (Lipinski definition) is 5. The molecule has 0 saturated heterocycles. The van der Waals surface area contributed by atoms with Gasteiger partial charge in [0.2, 0.25) is 0 Å². The number of hydrogen-bond donors (Lipinski definition) is 0. The van der Waals surface area contributed by atoms with Crippen molar-refractivity contribution < 1.29 is 4.74 Å². The van der Waals surface area contributed by atoms with E-state index in [0.717, 1.165) is 51.2 Å². The van der Waals surface area contributed by atoms with E-state index in [1.165, 1.54) is 74.4 Å². The van der Waals surface area contributed by atoms with Gasteiger partial charge in [-0.3, -0.25) is 4.90 Å². The Morgan fingerprint density at radius 1 is 0.816 bits per heavy atom. The van der Waals surface area contributed by atoms with Crippen LogP contribution in [0.3, 0.4) is 0 Å². The Bertz CT molecular complexity index is 1590. The Kier molecular flexibility index (Phi) is 7.66. The Morgan fingerprint density at radius 3 is 2.58 bits per heavy atom. The first-order valence-electron chi connectivity index (χ1n) is 14.0. The second-order valence-corrected chi connectivity index (χ2v) is 10.9. The molecule has 0 saturated carbocycles. The maximum Gasteiger partial charge on any atom is 0.253 e. The van der Waals surface area contributed by atoms with Crippen LogP contribution in [0.1, 0.15) is 50.3 Å². The normalized spacial score (nSPS) is 14.4. The molecule has 0 radical (unpaired) electrons. The van der Waals surface area contributed by atoms with Crippen LogP contribution in [-0.2, 0) is 6.42 Å². The van der Waals surface area contributed by atoms with E-state index in [1.807, 2.05) is 0 Å². The lowest BCUT2D eigenvalue weighted by molar-refractivity contribution is 0.291. The van der Waals surface area contributed by atoms with Gasteiger partial charge in [-0.2, -0.15) is 4.37 Å². The van der Waals surface area contributed by atoms with Crippen LogP contribution in [0.5, 0.6) is 5.88 Å². The second kappa shape index (κ2) is 11.6. The number of fused-ring (bicyclic) bond motifs is 5. The van der Waals surface area contributed by atoms with Gasteiger partial charge in [0.25, 0.3) is 5.88 Å². The fraction of sp³-hybridized carbons (Fsp3) is 0.333. The van der Waals surface area contributed by atoms with Crippen molar-refractivity contribution in [3.8, 4) is 5.88 Å². The molecule has 0 unspecified atom stereocenters. The first-order valence-corrected chi connectivity index (χ1v) is 14.7. The molecule has 5 aromatic rings. The largest absolute Gasteiger partial charge is 0.475 e. The van der Waals surface area contributed by atoms with E-state index in [0.29, 0.717) is 5.88 Å².